The van der Waals surface area contributed by atoms with Gasteiger partial charge in [0.05, 0.1) is 0 Å². The van der Waals surface area contributed by atoms with Gasteiger partial charge in [-0.1, -0.05) is 24.6 Å². The summed E-state index contributed by atoms with van der Waals surface area (Å²) in [5, 5.41) is 15.7. The monoisotopic (exact) mass is 526 g/mol. The van der Waals surface area contributed by atoms with E-state index in [4.69, 9.17) is 4.99 Å². The van der Waals surface area contributed by atoms with E-state index in [9.17, 15) is 0 Å². The molecule has 1 aliphatic heterocycles. The summed E-state index contributed by atoms with van der Waals surface area (Å²) in [5.74, 6) is 2.97. The second kappa shape index (κ2) is 10.7. The van der Waals surface area contributed by atoms with Crippen LogP contribution in [0.25, 0.3) is 0 Å². The predicted molar refractivity (Wildman–Crippen MR) is 130 cm³/mol. The van der Waals surface area contributed by atoms with Crippen molar-refractivity contribution in [3.8, 4) is 0 Å². The smallest absolute Gasteiger partial charge is 0.191 e. The summed E-state index contributed by atoms with van der Waals surface area (Å²) in [6, 6.07) is 10.7. The molecule has 29 heavy (non-hydrogen) atoms. The number of aryl methyl sites for hydroxylation is 1. The summed E-state index contributed by atoms with van der Waals surface area (Å²) in [5.41, 5.74) is 0. The van der Waals surface area contributed by atoms with Crippen LogP contribution in [-0.2, 0) is 19.5 Å². The molecule has 0 amide bonds. The van der Waals surface area contributed by atoms with E-state index >= 15 is 0 Å². The minimum absolute atomic E-state index is 0. The van der Waals surface area contributed by atoms with Crippen molar-refractivity contribution >= 4 is 41.7 Å². The van der Waals surface area contributed by atoms with E-state index in [1.165, 1.54) is 37.0 Å². The molecule has 0 atom stereocenters. The first-order valence-electron chi connectivity index (χ1n) is 10.5. The SMILES string of the molecule is CCNC(=NCc1nnc2n1CCCCC2)NCC1(Sc2ccccc2)CC1.I. The Kier molecular flexibility index (Phi) is 8.23. The third kappa shape index (κ3) is 6.10. The highest BCUT2D eigenvalue weighted by atomic mass is 127. The number of halogens is 1. The molecule has 8 heteroatoms. The molecule has 2 heterocycles. The number of thioether (sulfide) groups is 1. The lowest BCUT2D eigenvalue weighted by atomic mass is 10.2. The number of rotatable bonds is 7. The van der Waals surface area contributed by atoms with Crippen LogP contribution in [0.15, 0.2) is 40.2 Å². The second-order valence-electron chi connectivity index (χ2n) is 7.64. The Bertz CT molecular complexity index is 803. The third-order valence-electron chi connectivity index (χ3n) is 5.37. The highest BCUT2D eigenvalue weighted by Crippen LogP contribution is 2.51. The quantitative estimate of drug-likeness (QED) is 0.325. The van der Waals surface area contributed by atoms with E-state index in [0.29, 0.717) is 11.3 Å². The molecule has 0 bridgehead atoms. The maximum atomic E-state index is 4.79. The molecule has 2 aromatic rings. The summed E-state index contributed by atoms with van der Waals surface area (Å²) >= 11 is 1.98. The van der Waals surface area contributed by atoms with Gasteiger partial charge in [0.2, 0.25) is 0 Å². The Hall–Kier alpha value is -1.29. The maximum absolute atomic E-state index is 4.79. The van der Waals surface area contributed by atoms with Gasteiger partial charge in [-0.15, -0.1) is 45.9 Å². The minimum Gasteiger partial charge on any atom is -0.357 e. The lowest BCUT2D eigenvalue weighted by molar-refractivity contribution is 0.605. The van der Waals surface area contributed by atoms with Gasteiger partial charge in [-0.2, -0.15) is 0 Å². The van der Waals surface area contributed by atoms with E-state index in [2.05, 4.69) is 62.7 Å². The van der Waals surface area contributed by atoms with Gasteiger partial charge in [-0.05, 0) is 44.7 Å². The van der Waals surface area contributed by atoms with Crippen LogP contribution in [0.5, 0.6) is 0 Å². The summed E-state index contributed by atoms with van der Waals surface area (Å²) in [4.78, 5) is 6.14. The van der Waals surface area contributed by atoms with Crippen molar-refractivity contribution in [1.82, 2.24) is 25.4 Å². The molecule has 2 N–H and O–H groups in total. The van der Waals surface area contributed by atoms with Gasteiger partial charge in [0.1, 0.15) is 12.4 Å². The van der Waals surface area contributed by atoms with Gasteiger partial charge in [-0.3, -0.25) is 0 Å². The minimum atomic E-state index is 0. The predicted octanol–water partition coefficient (Wildman–Crippen LogP) is 4.00. The van der Waals surface area contributed by atoms with Crippen LogP contribution in [0.4, 0.5) is 0 Å². The number of aromatic nitrogens is 3. The van der Waals surface area contributed by atoms with E-state index in [1.54, 1.807) is 0 Å². The van der Waals surface area contributed by atoms with Gasteiger partial charge < -0.3 is 15.2 Å². The van der Waals surface area contributed by atoms with Crippen LogP contribution in [0.1, 0.15) is 50.7 Å². The first-order chi connectivity index (χ1) is 13.8. The van der Waals surface area contributed by atoms with Crippen molar-refractivity contribution in [1.29, 1.82) is 0 Å². The molecular weight excluding hydrogens is 495 g/mol. The number of nitrogens with one attached hydrogen (secondary N) is 2. The van der Waals surface area contributed by atoms with Crippen LogP contribution in [0, 0.1) is 0 Å². The fourth-order valence-corrected chi connectivity index (χ4v) is 4.84. The molecule has 1 aromatic carbocycles. The van der Waals surface area contributed by atoms with Crippen LogP contribution < -0.4 is 10.6 Å². The van der Waals surface area contributed by atoms with Crippen molar-refractivity contribution < 1.29 is 0 Å². The molecule has 1 aromatic heterocycles. The van der Waals surface area contributed by atoms with Crippen LogP contribution in [-0.4, -0.2) is 38.6 Å². The molecule has 2 aliphatic rings. The first kappa shape index (κ1) is 22.4. The maximum Gasteiger partial charge on any atom is 0.191 e. The zero-order valence-corrected chi connectivity index (χ0v) is 20.2. The summed E-state index contributed by atoms with van der Waals surface area (Å²) in [7, 11) is 0. The van der Waals surface area contributed by atoms with Crippen molar-refractivity contribution in [3.63, 3.8) is 0 Å². The van der Waals surface area contributed by atoms with Crippen molar-refractivity contribution in [2.45, 2.75) is 68.2 Å². The molecule has 0 radical (unpaired) electrons. The lowest BCUT2D eigenvalue weighted by Gasteiger charge is -2.18. The zero-order chi connectivity index (χ0) is 19.2. The second-order valence-corrected chi connectivity index (χ2v) is 9.18. The van der Waals surface area contributed by atoms with Crippen molar-refractivity contribution in [2.75, 3.05) is 13.1 Å². The fraction of sp³-hybridized carbons (Fsp3) is 0.571. The Morgan fingerprint density at radius 1 is 1.14 bits per heavy atom. The number of hydrogen-bond acceptors (Lipinski definition) is 4. The van der Waals surface area contributed by atoms with Gasteiger partial charge in [-0.25, -0.2) is 4.99 Å². The molecule has 0 saturated heterocycles. The van der Waals surface area contributed by atoms with Gasteiger partial charge in [0, 0.05) is 35.7 Å². The highest BCUT2D eigenvalue weighted by molar-refractivity contribution is 14.0. The third-order valence-corrected chi connectivity index (χ3v) is 6.87. The molecule has 158 valence electrons. The Balaban J connectivity index is 0.00000240. The van der Waals surface area contributed by atoms with E-state index < -0.39 is 0 Å². The van der Waals surface area contributed by atoms with E-state index in [1.807, 2.05) is 11.8 Å². The summed E-state index contributed by atoms with van der Waals surface area (Å²) in [6.45, 7) is 5.47. The number of aliphatic imine (C=N–C) groups is 1. The molecule has 1 saturated carbocycles. The normalized spacial score (nSPS) is 17.6. The van der Waals surface area contributed by atoms with Crippen molar-refractivity contribution in [2.24, 2.45) is 4.99 Å². The molecule has 1 aliphatic carbocycles. The first-order valence-corrected chi connectivity index (χ1v) is 11.3. The fourth-order valence-electron chi connectivity index (χ4n) is 3.59. The Morgan fingerprint density at radius 2 is 1.97 bits per heavy atom. The van der Waals surface area contributed by atoms with Crippen LogP contribution in [0.3, 0.4) is 0 Å². The molecular formula is C21H31IN6S. The molecule has 4 rings (SSSR count). The average Bonchev–Trinajstić information content (AvgIpc) is 3.43. The van der Waals surface area contributed by atoms with Gasteiger partial charge in [0.25, 0.3) is 0 Å². The summed E-state index contributed by atoms with van der Waals surface area (Å²) < 4.78 is 2.57. The van der Waals surface area contributed by atoms with E-state index in [-0.39, 0.29) is 24.0 Å². The van der Waals surface area contributed by atoms with E-state index in [0.717, 1.165) is 43.7 Å². The topological polar surface area (TPSA) is 67.1 Å². The lowest BCUT2D eigenvalue weighted by Crippen LogP contribution is -2.41. The molecule has 0 spiro atoms. The number of fused-ring (bicyclic) bond motifs is 1. The number of nitrogens with zero attached hydrogens (tertiary/aromatic N) is 4. The Morgan fingerprint density at radius 3 is 2.72 bits per heavy atom. The zero-order valence-electron chi connectivity index (χ0n) is 17.1. The number of benzene rings is 1. The summed E-state index contributed by atoms with van der Waals surface area (Å²) in [6.07, 6.45) is 7.23. The molecule has 1 fully saturated rings. The number of guanidine groups is 1. The Labute approximate surface area is 194 Å². The molecule has 0 unspecified atom stereocenters. The van der Waals surface area contributed by atoms with Gasteiger partial charge >= 0.3 is 0 Å². The van der Waals surface area contributed by atoms with Crippen LogP contribution >= 0.6 is 35.7 Å². The van der Waals surface area contributed by atoms with Gasteiger partial charge in [0.15, 0.2) is 11.8 Å². The van der Waals surface area contributed by atoms with Crippen LogP contribution in [0.2, 0.25) is 0 Å². The van der Waals surface area contributed by atoms with Crippen molar-refractivity contribution in [3.05, 3.63) is 42.0 Å². The largest absolute Gasteiger partial charge is 0.357 e. The average molecular weight is 526 g/mol. The standard InChI is InChI=1S/C21H30N6S.HI/c1-2-22-20(23-15-19-26-25-18-11-7-4-8-14-27(18)19)24-16-21(12-13-21)28-17-9-5-3-6-10-17;/h3,5-6,9-10H,2,4,7-8,11-16H2,1H3,(H2,22,23,24);1H. The molecule has 6 nitrogen and oxygen atoms in total. The number of hydrogen-bond donors (Lipinski definition) is 2. The highest BCUT2D eigenvalue weighted by Gasteiger charge is 2.43.